The number of esters is 1. The number of cyclic esters (lactones) is 1. The predicted molar refractivity (Wildman–Crippen MR) is 156 cm³/mol. The number of hydrogen-bond acceptors (Lipinski definition) is 10. The summed E-state index contributed by atoms with van der Waals surface area (Å²) >= 11 is 0. The monoisotopic (exact) mass is 616 g/mol. The molecule has 5 fully saturated rings. The molecule has 4 aliphatic carbocycles. The van der Waals surface area contributed by atoms with Crippen LogP contribution in [0.25, 0.3) is 0 Å². The highest BCUT2D eigenvalue weighted by molar-refractivity contribution is 5.90. The number of carbonyl (C=O) groups is 2. The van der Waals surface area contributed by atoms with Gasteiger partial charge in [-0.2, -0.15) is 0 Å². The molecule has 2 unspecified atom stereocenters. The maximum Gasteiger partial charge on any atom is 0.334 e. The van der Waals surface area contributed by atoms with Crippen LogP contribution in [0.4, 0.5) is 0 Å². The van der Waals surface area contributed by atoms with Crippen LogP contribution in [0.5, 0.6) is 0 Å². The van der Waals surface area contributed by atoms with Crippen LogP contribution in [-0.2, 0) is 28.5 Å². The van der Waals surface area contributed by atoms with Crippen molar-refractivity contribution in [2.24, 2.45) is 28.6 Å². The number of carbonyl (C=O) groups excluding carboxylic acids is 2. The van der Waals surface area contributed by atoms with E-state index in [0.29, 0.717) is 18.4 Å². The van der Waals surface area contributed by atoms with E-state index in [0.717, 1.165) is 43.3 Å². The molecule has 10 nitrogen and oxygen atoms in total. The normalized spacial score (nSPS) is 53.5. The summed E-state index contributed by atoms with van der Waals surface area (Å²) in [5.41, 5.74) is 1.06. The van der Waals surface area contributed by atoms with Crippen LogP contribution < -0.4 is 0 Å². The number of allylic oxidation sites excluding steroid dienone is 1. The van der Waals surface area contributed by atoms with Gasteiger partial charge in [0.25, 0.3) is 0 Å². The van der Waals surface area contributed by atoms with Gasteiger partial charge in [0.2, 0.25) is 0 Å². The summed E-state index contributed by atoms with van der Waals surface area (Å²) in [6, 6.07) is 0. The zero-order valence-electron chi connectivity index (χ0n) is 26.5. The van der Waals surface area contributed by atoms with Crippen LogP contribution >= 0.6 is 0 Å². The topological polar surface area (TPSA) is 152 Å². The van der Waals surface area contributed by atoms with Crippen molar-refractivity contribution in [3.8, 4) is 0 Å². The number of ketones is 1. The predicted octanol–water partition coefficient (Wildman–Crippen LogP) is 2.49. The van der Waals surface area contributed by atoms with Crippen LogP contribution in [0.3, 0.4) is 0 Å². The summed E-state index contributed by atoms with van der Waals surface area (Å²) in [7, 11) is 0. The van der Waals surface area contributed by atoms with Gasteiger partial charge >= 0.3 is 5.97 Å². The van der Waals surface area contributed by atoms with E-state index in [1.54, 1.807) is 0 Å². The Kier molecular flexibility index (Phi) is 7.16. The van der Waals surface area contributed by atoms with Gasteiger partial charge in [-0.3, -0.25) is 4.79 Å². The highest BCUT2D eigenvalue weighted by Crippen LogP contribution is 2.75. The molecule has 2 saturated heterocycles. The van der Waals surface area contributed by atoms with Crippen molar-refractivity contribution in [2.75, 3.05) is 6.61 Å². The molecule has 14 atom stereocenters. The number of rotatable bonds is 4. The average Bonchev–Trinajstić information content (AvgIpc) is 3.40. The Morgan fingerprint density at radius 1 is 0.955 bits per heavy atom. The maximum absolute atomic E-state index is 14.2. The van der Waals surface area contributed by atoms with E-state index in [9.17, 15) is 30.0 Å². The lowest BCUT2D eigenvalue weighted by Gasteiger charge is -2.60. The van der Waals surface area contributed by atoms with E-state index in [1.807, 2.05) is 13.8 Å². The number of aliphatic hydroxyl groups excluding tert-OH is 4. The van der Waals surface area contributed by atoms with Crippen LogP contribution in [0.15, 0.2) is 22.8 Å². The molecule has 3 heterocycles. The lowest BCUT2D eigenvalue weighted by Crippen LogP contribution is -2.62. The Labute approximate surface area is 258 Å². The fourth-order valence-electron chi connectivity index (χ4n) is 11.0. The second-order valence-electron chi connectivity index (χ2n) is 15.4. The molecule has 7 aliphatic rings. The van der Waals surface area contributed by atoms with Gasteiger partial charge in [0.1, 0.15) is 41.9 Å². The minimum Gasteiger partial charge on any atom is -0.456 e. The summed E-state index contributed by atoms with van der Waals surface area (Å²) in [4.78, 5) is 26.9. The van der Waals surface area contributed by atoms with Gasteiger partial charge in [0.05, 0.1) is 23.7 Å². The Hall–Kier alpha value is -1.66. The highest BCUT2D eigenvalue weighted by Gasteiger charge is 2.78. The molecular formula is C34H48O10. The molecule has 7 rings (SSSR count). The fourth-order valence-corrected chi connectivity index (χ4v) is 11.0. The summed E-state index contributed by atoms with van der Waals surface area (Å²) in [5.74, 6) is 0.367. The molecule has 0 aromatic carbocycles. The molecule has 4 N–H and O–H groups in total. The molecule has 0 aromatic heterocycles. The minimum atomic E-state index is -1.53. The lowest BCUT2D eigenvalue weighted by molar-refractivity contribution is -0.312. The molecule has 3 aliphatic heterocycles. The Morgan fingerprint density at radius 3 is 2.41 bits per heavy atom. The maximum atomic E-state index is 14.2. The number of aliphatic hydroxyl groups is 4. The third-order valence-corrected chi connectivity index (χ3v) is 13.7. The van der Waals surface area contributed by atoms with E-state index >= 15 is 0 Å². The van der Waals surface area contributed by atoms with Crippen LogP contribution in [0, 0.1) is 28.6 Å². The first-order chi connectivity index (χ1) is 20.7. The molecule has 0 aromatic rings. The summed E-state index contributed by atoms with van der Waals surface area (Å²) < 4.78 is 25.0. The molecule has 2 bridgehead atoms. The van der Waals surface area contributed by atoms with Crippen molar-refractivity contribution in [3.63, 3.8) is 0 Å². The van der Waals surface area contributed by atoms with Gasteiger partial charge < -0.3 is 39.4 Å². The second kappa shape index (κ2) is 10.2. The second-order valence-corrected chi connectivity index (χ2v) is 15.4. The Balaban J connectivity index is 1.15. The van der Waals surface area contributed by atoms with Gasteiger partial charge in [0, 0.05) is 23.8 Å². The zero-order valence-corrected chi connectivity index (χ0v) is 26.5. The number of Topliss-reactive ketones (excluding diaryl/α,β-unsaturated/α-hetero) is 1. The third-order valence-electron chi connectivity index (χ3n) is 13.7. The number of fused-ring (bicyclic) bond motifs is 3. The van der Waals surface area contributed by atoms with Crippen LogP contribution in [0.1, 0.15) is 86.0 Å². The fraction of sp³-hybridized carbons (Fsp3) is 0.824. The van der Waals surface area contributed by atoms with Crippen molar-refractivity contribution in [2.45, 2.75) is 140 Å². The highest BCUT2D eigenvalue weighted by atomic mass is 16.7. The van der Waals surface area contributed by atoms with Crippen LogP contribution in [-0.4, -0.2) is 92.9 Å². The van der Waals surface area contributed by atoms with Crippen molar-refractivity contribution >= 4 is 11.8 Å². The Bertz CT molecular complexity index is 1310. The summed E-state index contributed by atoms with van der Waals surface area (Å²) in [6.45, 7) is 9.92. The van der Waals surface area contributed by atoms with Crippen molar-refractivity contribution < 1.29 is 49.0 Å². The smallest absolute Gasteiger partial charge is 0.334 e. The van der Waals surface area contributed by atoms with Crippen LogP contribution in [0.2, 0.25) is 0 Å². The first-order valence-electron chi connectivity index (χ1n) is 16.5. The first-order valence-corrected chi connectivity index (χ1v) is 16.5. The SMILES string of the molecule is CC1=C(C)C(=O)OC([C@]2(C)O[C@@]34CC[C@H]2[C@@]3(C)CC[C@H]2[C@H]4CC=C3CC(O[C@@H]4O[C@H](CO)[C@@H](O)[C@H](O)[C@H]4O)CC(=O)[C@@]32C)C1. The third kappa shape index (κ3) is 3.91. The van der Waals surface area contributed by atoms with E-state index in [1.165, 1.54) is 0 Å². The van der Waals surface area contributed by atoms with Gasteiger partial charge in [-0.25, -0.2) is 4.79 Å². The van der Waals surface area contributed by atoms with Crippen molar-refractivity contribution in [3.05, 3.63) is 22.8 Å². The van der Waals surface area contributed by atoms with E-state index in [2.05, 4.69) is 26.8 Å². The standard InChI is InChI=1S/C34H48O10/c1-16-12-25(43-29(40)17(16)2)33(5)23-9-11-34(44-33)21-7-6-18-13-19(41-30-28(39)27(38)26(37)22(15-35)42-30)14-24(36)32(18,4)20(21)8-10-31(23,34)3/h6,19-23,25-28,30,35,37-39H,7-15H2,1-5H3/t19?,20-,21+,22+,23-,25?,26+,27-,28+,30+,31+,32-,33+,34+/m0/s1. The van der Waals surface area contributed by atoms with E-state index in [4.69, 9.17) is 18.9 Å². The van der Waals surface area contributed by atoms with Gasteiger partial charge in [0.15, 0.2) is 6.29 Å². The Morgan fingerprint density at radius 2 is 1.70 bits per heavy atom. The molecule has 10 heteroatoms. The van der Waals surface area contributed by atoms with Crippen molar-refractivity contribution in [1.29, 1.82) is 0 Å². The van der Waals surface area contributed by atoms with E-state index in [-0.39, 0.29) is 47.4 Å². The largest absolute Gasteiger partial charge is 0.456 e. The molecule has 0 radical (unpaired) electrons. The number of ether oxygens (including phenoxy) is 4. The summed E-state index contributed by atoms with van der Waals surface area (Å²) in [5, 5.41) is 40.5. The minimum absolute atomic E-state index is 0.0758. The molecule has 0 spiro atoms. The van der Waals surface area contributed by atoms with Gasteiger partial charge in [-0.1, -0.05) is 24.1 Å². The quantitative estimate of drug-likeness (QED) is 0.274. The average molecular weight is 617 g/mol. The zero-order chi connectivity index (χ0) is 31.6. The van der Waals surface area contributed by atoms with Crippen molar-refractivity contribution in [1.82, 2.24) is 0 Å². The van der Waals surface area contributed by atoms with Gasteiger partial charge in [-0.05, 0) is 84.0 Å². The molecule has 3 saturated carbocycles. The molecular weight excluding hydrogens is 568 g/mol. The molecule has 244 valence electrons. The summed E-state index contributed by atoms with van der Waals surface area (Å²) in [6.07, 6.45) is 0.404. The van der Waals surface area contributed by atoms with E-state index < -0.39 is 60.0 Å². The van der Waals surface area contributed by atoms with Gasteiger partial charge in [-0.15, -0.1) is 0 Å². The number of hydrogen-bond donors (Lipinski definition) is 4. The molecule has 0 amide bonds. The first kappa shape index (κ1) is 31.0. The molecule has 44 heavy (non-hydrogen) atoms. The lowest BCUT2D eigenvalue weighted by atomic mass is 9.46.